The summed E-state index contributed by atoms with van der Waals surface area (Å²) in [6.45, 7) is 3.51. The largest absolute Gasteiger partial charge is 0.454 e. The number of amides is 1. The third-order valence-corrected chi connectivity index (χ3v) is 5.05. The van der Waals surface area contributed by atoms with Crippen molar-refractivity contribution in [2.45, 2.75) is 38.8 Å². The first-order valence-electron chi connectivity index (χ1n) is 9.41. The van der Waals surface area contributed by atoms with E-state index in [0.29, 0.717) is 37.0 Å². The van der Waals surface area contributed by atoms with Gasteiger partial charge in [0.25, 0.3) is 5.91 Å². The maximum absolute atomic E-state index is 12.9. The number of imidazole rings is 1. The zero-order valence-corrected chi connectivity index (χ0v) is 15.8. The number of aryl methyl sites for hydroxylation is 1. The van der Waals surface area contributed by atoms with E-state index in [1.807, 2.05) is 28.7 Å². The highest BCUT2D eigenvalue weighted by molar-refractivity contribution is 5.91. The predicted octanol–water partition coefficient (Wildman–Crippen LogP) is 2.13. The average molecular weight is 381 g/mol. The third kappa shape index (κ3) is 3.82. The predicted molar refractivity (Wildman–Crippen MR) is 101 cm³/mol. The number of furan rings is 1. The summed E-state index contributed by atoms with van der Waals surface area (Å²) in [7, 11) is 0. The third-order valence-electron chi connectivity index (χ3n) is 5.05. The summed E-state index contributed by atoms with van der Waals surface area (Å²) in [5.41, 5.74) is 1.57. The van der Waals surface area contributed by atoms with E-state index in [-0.39, 0.29) is 18.4 Å². The Balaban J connectivity index is 1.48. The number of carbonyl (C=O) groups is 1. The number of aromatic nitrogens is 4. The maximum Gasteiger partial charge on any atom is 0.289 e. The summed E-state index contributed by atoms with van der Waals surface area (Å²) >= 11 is 0. The Morgan fingerprint density at radius 2 is 2.29 bits per heavy atom. The van der Waals surface area contributed by atoms with Crippen molar-refractivity contribution in [2.75, 3.05) is 13.1 Å². The highest BCUT2D eigenvalue weighted by Crippen LogP contribution is 2.29. The summed E-state index contributed by atoms with van der Waals surface area (Å²) < 4.78 is 7.66. The topological polar surface area (TPSA) is 97.3 Å². The van der Waals surface area contributed by atoms with Gasteiger partial charge in [-0.3, -0.25) is 4.79 Å². The van der Waals surface area contributed by atoms with Crippen LogP contribution in [0, 0.1) is 6.92 Å². The molecule has 1 atom stereocenters. The lowest BCUT2D eigenvalue weighted by Gasteiger charge is -2.32. The zero-order valence-electron chi connectivity index (χ0n) is 15.8. The molecule has 1 aliphatic rings. The fourth-order valence-electron chi connectivity index (χ4n) is 3.67. The minimum absolute atomic E-state index is 0.0851. The first-order valence-corrected chi connectivity index (χ1v) is 9.41. The van der Waals surface area contributed by atoms with Crippen molar-refractivity contribution in [3.8, 4) is 0 Å². The number of aliphatic hydroxyl groups excluding tert-OH is 1. The number of hydrogen-bond donors (Lipinski definition) is 1. The molecule has 1 unspecified atom stereocenters. The molecule has 1 fully saturated rings. The minimum atomic E-state index is -0.113. The standard InChI is InChI=1S/C20H23N5O3/c1-14-22-9-16(12-26)19(23-14)15-3-2-7-25(10-15)20(27)18-5-4-17(28-18)11-24-8-6-21-13-24/h4-6,8-9,13,15,26H,2-3,7,10-12H2,1H3. The Morgan fingerprint density at radius 3 is 3.07 bits per heavy atom. The Kier molecular flexibility index (Phi) is 5.21. The van der Waals surface area contributed by atoms with E-state index in [0.717, 1.165) is 24.1 Å². The second-order valence-electron chi connectivity index (χ2n) is 7.08. The Hall–Kier alpha value is -3.00. The van der Waals surface area contributed by atoms with E-state index in [4.69, 9.17) is 4.42 Å². The van der Waals surface area contributed by atoms with Crippen LogP contribution in [-0.2, 0) is 13.2 Å². The molecular weight excluding hydrogens is 358 g/mol. The molecule has 4 heterocycles. The monoisotopic (exact) mass is 381 g/mol. The Bertz CT molecular complexity index is 951. The lowest BCUT2D eigenvalue weighted by molar-refractivity contribution is 0.0671. The molecule has 1 saturated heterocycles. The molecule has 3 aromatic rings. The van der Waals surface area contributed by atoms with Crippen molar-refractivity contribution in [1.82, 2.24) is 24.4 Å². The van der Waals surface area contributed by atoms with Crippen LogP contribution in [-0.4, -0.2) is 48.5 Å². The number of nitrogens with zero attached hydrogens (tertiary/aromatic N) is 5. The Morgan fingerprint density at radius 1 is 1.39 bits per heavy atom. The first kappa shape index (κ1) is 18.4. The first-order chi connectivity index (χ1) is 13.6. The fourth-order valence-corrected chi connectivity index (χ4v) is 3.67. The summed E-state index contributed by atoms with van der Waals surface area (Å²) in [6, 6.07) is 3.55. The van der Waals surface area contributed by atoms with Gasteiger partial charge in [0.1, 0.15) is 11.6 Å². The van der Waals surface area contributed by atoms with Crippen molar-refractivity contribution in [2.24, 2.45) is 0 Å². The van der Waals surface area contributed by atoms with E-state index < -0.39 is 0 Å². The number of hydrogen-bond acceptors (Lipinski definition) is 6. The van der Waals surface area contributed by atoms with Crippen molar-refractivity contribution >= 4 is 5.91 Å². The quantitative estimate of drug-likeness (QED) is 0.727. The van der Waals surface area contributed by atoms with Crippen molar-refractivity contribution in [1.29, 1.82) is 0 Å². The van der Waals surface area contributed by atoms with Gasteiger partial charge in [-0.2, -0.15) is 0 Å². The molecular formula is C20H23N5O3. The number of rotatable bonds is 5. The van der Waals surface area contributed by atoms with Gasteiger partial charge in [-0.25, -0.2) is 15.0 Å². The average Bonchev–Trinajstić information content (AvgIpc) is 3.40. The van der Waals surface area contributed by atoms with Gasteiger partial charge in [-0.15, -0.1) is 0 Å². The van der Waals surface area contributed by atoms with Gasteiger partial charge in [0.2, 0.25) is 0 Å². The van der Waals surface area contributed by atoms with E-state index in [9.17, 15) is 9.90 Å². The van der Waals surface area contributed by atoms with Gasteiger partial charge in [0.15, 0.2) is 5.76 Å². The molecule has 1 aliphatic heterocycles. The van der Waals surface area contributed by atoms with Crippen molar-refractivity contribution < 1.29 is 14.3 Å². The molecule has 0 radical (unpaired) electrons. The highest BCUT2D eigenvalue weighted by Gasteiger charge is 2.29. The van der Waals surface area contributed by atoms with Crippen LogP contribution in [0.15, 0.2) is 41.5 Å². The molecule has 8 nitrogen and oxygen atoms in total. The molecule has 8 heteroatoms. The van der Waals surface area contributed by atoms with E-state index in [2.05, 4.69) is 15.0 Å². The van der Waals surface area contributed by atoms with Crippen LogP contribution in [0.4, 0.5) is 0 Å². The fraction of sp³-hybridized carbons (Fsp3) is 0.400. The number of likely N-dealkylation sites (tertiary alicyclic amines) is 1. The maximum atomic E-state index is 12.9. The summed E-state index contributed by atoms with van der Waals surface area (Å²) in [4.78, 5) is 27.5. The SMILES string of the molecule is Cc1ncc(CO)c(C2CCCN(C(=O)c3ccc(Cn4ccnc4)o3)C2)n1. The van der Waals surface area contributed by atoms with Crippen LogP contribution in [0.2, 0.25) is 0 Å². The van der Waals surface area contributed by atoms with Gasteiger partial charge in [0.05, 0.1) is 25.2 Å². The van der Waals surface area contributed by atoms with Gasteiger partial charge in [0, 0.05) is 43.2 Å². The van der Waals surface area contributed by atoms with Gasteiger partial charge >= 0.3 is 0 Å². The number of carbonyl (C=O) groups excluding carboxylic acids is 1. The molecule has 0 aromatic carbocycles. The van der Waals surface area contributed by atoms with Crippen molar-refractivity contribution in [3.05, 3.63) is 65.7 Å². The molecule has 1 amide bonds. The highest BCUT2D eigenvalue weighted by atomic mass is 16.4. The van der Waals surface area contributed by atoms with Crippen LogP contribution in [0.3, 0.4) is 0 Å². The van der Waals surface area contributed by atoms with E-state index in [1.54, 1.807) is 24.8 Å². The summed E-state index contributed by atoms with van der Waals surface area (Å²) in [5, 5.41) is 9.62. The zero-order chi connectivity index (χ0) is 19.5. The number of aliphatic hydroxyl groups is 1. The van der Waals surface area contributed by atoms with Gasteiger partial charge in [-0.1, -0.05) is 0 Å². The second kappa shape index (κ2) is 7.93. The van der Waals surface area contributed by atoms with E-state index >= 15 is 0 Å². The molecule has 0 bridgehead atoms. The van der Waals surface area contributed by atoms with E-state index in [1.165, 1.54) is 0 Å². The lowest BCUT2D eigenvalue weighted by atomic mass is 9.92. The summed E-state index contributed by atoms with van der Waals surface area (Å²) in [6.07, 6.45) is 8.75. The molecule has 146 valence electrons. The van der Waals surface area contributed by atoms with Crippen LogP contribution < -0.4 is 0 Å². The second-order valence-corrected chi connectivity index (χ2v) is 7.08. The van der Waals surface area contributed by atoms with Crippen molar-refractivity contribution in [3.63, 3.8) is 0 Å². The number of piperidine rings is 1. The lowest BCUT2D eigenvalue weighted by Crippen LogP contribution is -2.39. The smallest absolute Gasteiger partial charge is 0.289 e. The van der Waals surface area contributed by atoms with Crippen LogP contribution in [0.5, 0.6) is 0 Å². The van der Waals surface area contributed by atoms with Crippen LogP contribution in [0.25, 0.3) is 0 Å². The van der Waals surface area contributed by atoms with Crippen LogP contribution >= 0.6 is 0 Å². The minimum Gasteiger partial charge on any atom is -0.454 e. The molecule has 0 saturated carbocycles. The van der Waals surface area contributed by atoms with Crippen LogP contribution in [0.1, 0.15) is 52.2 Å². The molecule has 1 N–H and O–H groups in total. The van der Waals surface area contributed by atoms with Gasteiger partial charge in [-0.05, 0) is 31.9 Å². The molecule has 0 spiro atoms. The normalized spacial score (nSPS) is 17.1. The van der Waals surface area contributed by atoms with Gasteiger partial charge < -0.3 is 19.0 Å². The molecule has 28 heavy (non-hydrogen) atoms. The molecule has 0 aliphatic carbocycles. The molecule has 3 aromatic heterocycles. The molecule has 4 rings (SSSR count). The Labute approximate surface area is 162 Å². The summed E-state index contributed by atoms with van der Waals surface area (Å²) in [5.74, 6) is 1.70.